The molecule has 0 aromatic rings. The summed E-state index contributed by atoms with van der Waals surface area (Å²) in [5.74, 6) is 0. The number of nitrogens with zero attached hydrogens (tertiary/aromatic N) is 1. The molecule has 0 aliphatic carbocycles. The molecule has 0 aromatic heterocycles. The van der Waals surface area contributed by atoms with Crippen LogP contribution in [0, 0.1) is 0 Å². The highest BCUT2D eigenvalue weighted by Crippen LogP contribution is 2.01. The van der Waals surface area contributed by atoms with Gasteiger partial charge in [-0.1, -0.05) is 0 Å². The van der Waals surface area contributed by atoms with Crippen molar-refractivity contribution in [3.63, 3.8) is 0 Å². The number of rotatable bonds is 4. The van der Waals surface area contributed by atoms with Crippen molar-refractivity contribution < 1.29 is 15.1 Å². The molecule has 0 saturated heterocycles. The Morgan fingerprint density at radius 2 is 1.30 bits per heavy atom. The molecule has 0 aromatic carbocycles. The highest BCUT2D eigenvalue weighted by atomic mass is 16.3. The number of aliphatic hydroxyl groups excluding tert-OH is 1. The summed E-state index contributed by atoms with van der Waals surface area (Å²) >= 11 is 0. The van der Waals surface area contributed by atoms with E-state index in [1.54, 1.807) is 0 Å². The van der Waals surface area contributed by atoms with Crippen molar-refractivity contribution in [2.45, 2.75) is 20.8 Å². The second-order valence-electron chi connectivity index (χ2n) is 2.43. The predicted octanol–water partition coefficient (Wildman–Crippen LogP) is 0.636. The molecule has 0 fully saturated rings. The van der Waals surface area contributed by atoms with Crippen LogP contribution in [0.3, 0.4) is 0 Å². The van der Waals surface area contributed by atoms with Crippen molar-refractivity contribution in [1.29, 1.82) is 0 Å². The summed E-state index contributed by atoms with van der Waals surface area (Å²) in [7, 11) is 0. The number of quaternary nitrogens is 1. The van der Waals surface area contributed by atoms with Crippen LogP contribution < -0.4 is 0 Å². The summed E-state index contributed by atoms with van der Waals surface area (Å²) in [6.45, 7) is 9.72. The molecule has 0 heterocycles. The van der Waals surface area contributed by atoms with Crippen LogP contribution >= 0.6 is 0 Å². The Labute approximate surface area is 63.2 Å². The van der Waals surface area contributed by atoms with E-state index >= 15 is 0 Å². The maximum atomic E-state index is 8.95. The lowest BCUT2D eigenvalue weighted by Crippen LogP contribution is -2.48. The monoisotopic (exact) mass is 149 g/mol. The fourth-order valence-corrected chi connectivity index (χ4v) is 0.971. The van der Waals surface area contributed by atoms with Crippen molar-refractivity contribution in [3.05, 3.63) is 0 Å². The van der Waals surface area contributed by atoms with Crippen LogP contribution in [0.4, 0.5) is 0 Å². The third-order valence-electron chi connectivity index (χ3n) is 2.31. The molecule has 0 bridgehead atoms. The Morgan fingerprint density at radius 1 is 1.00 bits per heavy atom. The Kier molecular flexibility index (Phi) is 7.09. The molecular weight excluding hydrogens is 130 g/mol. The summed E-state index contributed by atoms with van der Waals surface area (Å²) in [4.78, 5) is 0. The molecule has 0 saturated carbocycles. The largest absolute Gasteiger partial charge is 0.870 e. The Hall–Kier alpha value is -0.120. The molecule has 64 valence electrons. The molecule has 0 rings (SSSR count). The first-order valence-corrected chi connectivity index (χ1v) is 3.70. The molecule has 0 radical (unpaired) electrons. The van der Waals surface area contributed by atoms with Gasteiger partial charge in [-0.3, -0.25) is 0 Å². The molecule has 3 nitrogen and oxygen atoms in total. The Balaban J connectivity index is 0. The minimum absolute atomic E-state index is 0. The lowest BCUT2D eigenvalue weighted by Gasteiger charge is -2.32. The van der Waals surface area contributed by atoms with Gasteiger partial charge in [-0.15, -0.1) is 0 Å². The minimum atomic E-state index is 0. The predicted molar refractivity (Wildman–Crippen MR) is 40.9 cm³/mol. The van der Waals surface area contributed by atoms with E-state index in [0.29, 0.717) is 0 Å². The molecule has 0 spiro atoms. The third kappa shape index (κ3) is 2.64. The SMILES string of the molecule is CC[N+](CC)(CC)CO.[OH-]. The van der Waals surface area contributed by atoms with Crippen LogP contribution in [-0.4, -0.2) is 41.4 Å². The average molecular weight is 149 g/mol. The van der Waals surface area contributed by atoms with Crippen molar-refractivity contribution in [3.8, 4) is 0 Å². The van der Waals surface area contributed by atoms with Gasteiger partial charge in [-0.2, -0.15) is 0 Å². The quantitative estimate of drug-likeness (QED) is 0.471. The van der Waals surface area contributed by atoms with E-state index in [1.165, 1.54) is 0 Å². The van der Waals surface area contributed by atoms with Crippen LogP contribution in [0.2, 0.25) is 0 Å². The first-order valence-electron chi connectivity index (χ1n) is 3.70. The maximum Gasteiger partial charge on any atom is 0.180 e. The summed E-state index contributed by atoms with van der Waals surface area (Å²) in [6.07, 6.45) is 0. The van der Waals surface area contributed by atoms with Gasteiger partial charge in [0, 0.05) is 0 Å². The highest BCUT2D eigenvalue weighted by molar-refractivity contribution is 4.27. The lowest BCUT2D eigenvalue weighted by atomic mass is 10.4. The van der Waals surface area contributed by atoms with Crippen LogP contribution in [0.25, 0.3) is 0 Å². The molecule has 10 heavy (non-hydrogen) atoms. The fraction of sp³-hybridized carbons (Fsp3) is 1.00. The van der Waals surface area contributed by atoms with Crippen molar-refractivity contribution in [1.82, 2.24) is 0 Å². The van der Waals surface area contributed by atoms with Gasteiger partial charge in [0.05, 0.1) is 19.6 Å². The fourth-order valence-electron chi connectivity index (χ4n) is 0.971. The standard InChI is InChI=1S/C7H18NO.H2O/c1-4-8(5-2,6-3)7-9;/h9H,4-7H2,1-3H3;1H2/q+1;/p-1. The van der Waals surface area contributed by atoms with Crippen LogP contribution in [-0.2, 0) is 0 Å². The zero-order valence-corrected chi connectivity index (χ0v) is 7.17. The van der Waals surface area contributed by atoms with E-state index in [1.807, 2.05) is 0 Å². The molecule has 2 N–H and O–H groups in total. The molecule has 0 atom stereocenters. The van der Waals surface area contributed by atoms with Crippen molar-refractivity contribution >= 4 is 0 Å². The average Bonchev–Trinajstić information content (AvgIpc) is 1.95. The van der Waals surface area contributed by atoms with Crippen molar-refractivity contribution in [2.24, 2.45) is 0 Å². The van der Waals surface area contributed by atoms with Crippen LogP contribution in [0.15, 0.2) is 0 Å². The Morgan fingerprint density at radius 3 is 1.30 bits per heavy atom. The van der Waals surface area contributed by atoms with Gasteiger partial charge in [0.15, 0.2) is 6.73 Å². The normalized spacial score (nSPS) is 10.8. The van der Waals surface area contributed by atoms with Gasteiger partial charge in [-0.25, -0.2) is 0 Å². The molecule has 0 amide bonds. The van der Waals surface area contributed by atoms with Gasteiger partial charge in [-0.05, 0) is 20.8 Å². The smallest absolute Gasteiger partial charge is 0.180 e. The summed E-state index contributed by atoms with van der Waals surface area (Å²) < 4.78 is 0.833. The molecule has 3 heteroatoms. The van der Waals surface area contributed by atoms with Gasteiger partial charge < -0.3 is 15.1 Å². The summed E-state index contributed by atoms with van der Waals surface area (Å²) in [5, 5.41) is 8.95. The third-order valence-corrected chi connectivity index (χ3v) is 2.31. The van der Waals surface area contributed by atoms with Gasteiger partial charge in [0.25, 0.3) is 0 Å². The number of hydrogen-bond donors (Lipinski definition) is 1. The van der Waals surface area contributed by atoms with Gasteiger partial charge in [0.1, 0.15) is 0 Å². The van der Waals surface area contributed by atoms with E-state index < -0.39 is 0 Å². The lowest BCUT2D eigenvalue weighted by molar-refractivity contribution is -0.940. The number of hydrogen-bond acceptors (Lipinski definition) is 2. The molecule has 0 unspecified atom stereocenters. The van der Waals surface area contributed by atoms with Gasteiger partial charge >= 0.3 is 0 Å². The highest BCUT2D eigenvalue weighted by Gasteiger charge is 2.17. The summed E-state index contributed by atoms with van der Waals surface area (Å²) in [5.41, 5.74) is 0. The summed E-state index contributed by atoms with van der Waals surface area (Å²) in [6, 6.07) is 0. The van der Waals surface area contributed by atoms with Crippen LogP contribution in [0.5, 0.6) is 0 Å². The molecule has 0 aliphatic heterocycles. The van der Waals surface area contributed by atoms with Crippen molar-refractivity contribution in [2.75, 3.05) is 26.4 Å². The maximum absolute atomic E-state index is 8.95. The first kappa shape index (κ1) is 12.5. The van der Waals surface area contributed by atoms with E-state index in [2.05, 4.69) is 20.8 Å². The minimum Gasteiger partial charge on any atom is -0.870 e. The van der Waals surface area contributed by atoms with Gasteiger partial charge in [0.2, 0.25) is 0 Å². The zero-order chi connectivity index (χ0) is 7.33. The first-order chi connectivity index (χ1) is 4.24. The molecule has 0 aliphatic rings. The topological polar surface area (TPSA) is 50.2 Å². The second kappa shape index (κ2) is 5.65. The van der Waals surface area contributed by atoms with E-state index in [-0.39, 0.29) is 12.2 Å². The van der Waals surface area contributed by atoms with E-state index in [9.17, 15) is 0 Å². The van der Waals surface area contributed by atoms with Crippen LogP contribution in [0.1, 0.15) is 20.8 Å². The second-order valence-corrected chi connectivity index (χ2v) is 2.43. The molecular formula is C7H19NO2. The number of aliphatic hydroxyl groups is 1. The zero-order valence-electron chi connectivity index (χ0n) is 7.17. The van der Waals surface area contributed by atoms with E-state index in [4.69, 9.17) is 5.11 Å². The van der Waals surface area contributed by atoms with E-state index in [0.717, 1.165) is 24.1 Å². The Bertz CT molecular complexity index is 54.5.